The highest BCUT2D eigenvalue weighted by Crippen LogP contribution is 2.43. The monoisotopic (exact) mass is 513 g/mol. The summed E-state index contributed by atoms with van der Waals surface area (Å²) >= 11 is 1.48. The number of aryl methyl sites for hydroxylation is 1. The first kappa shape index (κ1) is 24.0. The number of hydrogen-bond acceptors (Lipinski definition) is 6. The molecule has 10 heteroatoms. The average Bonchev–Trinajstić information content (AvgIpc) is 3.53. The van der Waals surface area contributed by atoms with Gasteiger partial charge in [0.25, 0.3) is 0 Å². The molecule has 3 aromatic heterocycles. The van der Waals surface area contributed by atoms with Gasteiger partial charge in [-0.15, -0.1) is 11.3 Å². The highest BCUT2D eigenvalue weighted by atomic mass is 32.2. The fourth-order valence-electron chi connectivity index (χ4n) is 4.36. The Balaban J connectivity index is 1.66. The third kappa shape index (κ3) is 4.50. The summed E-state index contributed by atoms with van der Waals surface area (Å²) in [6.45, 7) is 9.12. The van der Waals surface area contributed by atoms with Crippen LogP contribution in [0.4, 0.5) is 4.39 Å². The second kappa shape index (κ2) is 8.76. The van der Waals surface area contributed by atoms with Gasteiger partial charge in [-0.1, -0.05) is 32.9 Å². The van der Waals surface area contributed by atoms with Gasteiger partial charge in [0.1, 0.15) is 17.8 Å². The van der Waals surface area contributed by atoms with Gasteiger partial charge >= 0.3 is 0 Å². The van der Waals surface area contributed by atoms with Crippen molar-refractivity contribution in [3.8, 4) is 21.8 Å². The van der Waals surface area contributed by atoms with Gasteiger partial charge in [0.05, 0.1) is 27.0 Å². The van der Waals surface area contributed by atoms with Crippen molar-refractivity contribution in [2.75, 3.05) is 13.1 Å². The SMILES string of the molecule is Cc1cc2c(-c3sc(C(C)(C)C)nc3-c3cccc(CS(=O)(=O)N4CCCC4)c3F)ncnc2[nH]1. The zero-order valence-electron chi connectivity index (χ0n) is 20.2. The van der Waals surface area contributed by atoms with Crippen LogP contribution in [0, 0.1) is 12.7 Å². The van der Waals surface area contributed by atoms with E-state index in [0.29, 0.717) is 30.1 Å². The van der Waals surface area contributed by atoms with Gasteiger partial charge in [0, 0.05) is 40.7 Å². The minimum atomic E-state index is -3.59. The number of nitrogens with one attached hydrogen (secondary N) is 1. The first-order valence-corrected chi connectivity index (χ1v) is 14.0. The topological polar surface area (TPSA) is 91.8 Å². The molecule has 1 aromatic carbocycles. The molecule has 35 heavy (non-hydrogen) atoms. The summed E-state index contributed by atoms with van der Waals surface area (Å²) in [6.07, 6.45) is 3.17. The molecular weight excluding hydrogens is 485 g/mol. The van der Waals surface area contributed by atoms with Crippen molar-refractivity contribution in [3.05, 3.63) is 52.7 Å². The van der Waals surface area contributed by atoms with E-state index in [9.17, 15) is 8.42 Å². The maximum absolute atomic E-state index is 15.9. The normalized spacial score (nSPS) is 15.3. The Labute approximate surface area is 208 Å². The molecule has 0 bridgehead atoms. The summed E-state index contributed by atoms with van der Waals surface area (Å²) in [4.78, 5) is 17.7. The van der Waals surface area contributed by atoms with Gasteiger partial charge < -0.3 is 4.98 Å². The van der Waals surface area contributed by atoms with E-state index in [0.717, 1.165) is 33.8 Å². The number of nitrogens with zero attached hydrogens (tertiary/aromatic N) is 4. The summed E-state index contributed by atoms with van der Waals surface area (Å²) in [5.74, 6) is -0.926. The molecule has 4 heterocycles. The Hall–Kier alpha value is -2.69. The number of halogens is 1. The molecule has 1 saturated heterocycles. The van der Waals surface area contributed by atoms with Crippen molar-refractivity contribution in [3.63, 3.8) is 0 Å². The predicted octanol–water partition coefficient (Wildman–Crippen LogP) is 5.42. The van der Waals surface area contributed by atoms with Crippen LogP contribution in [0.3, 0.4) is 0 Å². The van der Waals surface area contributed by atoms with Crippen molar-refractivity contribution in [1.29, 1.82) is 0 Å². The highest BCUT2D eigenvalue weighted by Gasteiger charge is 2.29. The number of aromatic amines is 1. The van der Waals surface area contributed by atoms with E-state index in [-0.39, 0.29) is 22.3 Å². The van der Waals surface area contributed by atoms with E-state index in [1.165, 1.54) is 22.0 Å². The number of benzene rings is 1. The van der Waals surface area contributed by atoms with E-state index in [2.05, 4.69) is 35.7 Å². The van der Waals surface area contributed by atoms with Crippen LogP contribution in [0.15, 0.2) is 30.6 Å². The van der Waals surface area contributed by atoms with Gasteiger partial charge in [-0.2, -0.15) is 0 Å². The maximum Gasteiger partial charge on any atom is 0.218 e. The fraction of sp³-hybridized carbons (Fsp3) is 0.400. The van der Waals surface area contributed by atoms with E-state index in [1.807, 2.05) is 13.0 Å². The van der Waals surface area contributed by atoms with Crippen molar-refractivity contribution in [2.24, 2.45) is 0 Å². The standard InChI is InChI=1S/C25H28FN5O2S2/c1-15-12-18-20(27-14-28-23(18)29-15)22-21(30-24(34-22)25(2,3)4)17-9-7-8-16(19(17)26)13-35(32,33)31-10-5-6-11-31/h7-9,12,14H,5-6,10-11,13H2,1-4H3,(H,27,28,29). The van der Waals surface area contributed by atoms with Gasteiger partial charge in [-0.05, 0) is 31.9 Å². The molecule has 0 aliphatic carbocycles. The van der Waals surface area contributed by atoms with Crippen molar-refractivity contribution in [1.82, 2.24) is 24.2 Å². The van der Waals surface area contributed by atoms with E-state index >= 15 is 4.39 Å². The van der Waals surface area contributed by atoms with Crippen LogP contribution in [-0.2, 0) is 21.2 Å². The quantitative estimate of drug-likeness (QED) is 0.385. The minimum absolute atomic E-state index is 0.149. The van der Waals surface area contributed by atoms with Gasteiger partial charge in [-0.25, -0.2) is 32.1 Å². The summed E-state index contributed by atoms with van der Waals surface area (Å²) in [6, 6.07) is 6.87. The molecule has 0 amide bonds. The van der Waals surface area contributed by atoms with Gasteiger partial charge in [0.2, 0.25) is 10.0 Å². The average molecular weight is 514 g/mol. The number of rotatable bonds is 5. The third-order valence-electron chi connectivity index (χ3n) is 6.17. The zero-order valence-corrected chi connectivity index (χ0v) is 21.9. The lowest BCUT2D eigenvalue weighted by molar-refractivity contribution is 0.475. The number of aromatic nitrogens is 4. The molecular formula is C25H28FN5O2S2. The molecule has 0 atom stereocenters. The molecule has 184 valence electrons. The molecule has 4 aromatic rings. The summed E-state index contributed by atoms with van der Waals surface area (Å²) in [5, 5.41) is 1.68. The lowest BCUT2D eigenvalue weighted by Crippen LogP contribution is -2.29. The zero-order chi connectivity index (χ0) is 25.0. The van der Waals surface area contributed by atoms with Gasteiger partial charge in [0.15, 0.2) is 0 Å². The molecule has 0 spiro atoms. The molecule has 1 fully saturated rings. The van der Waals surface area contributed by atoms with Crippen LogP contribution in [0.1, 0.15) is 49.9 Å². The second-order valence-corrected chi connectivity index (χ2v) is 13.0. The van der Waals surface area contributed by atoms with Crippen LogP contribution in [0.2, 0.25) is 0 Å². The van der Waals surface area contributed by atoms with E-state index in [1.54, 1.807) is 18.2 Å². The number of hydrogen-bond donors (Lipinski definition) is 1. The molecule has 1 aliphatic heterocycles. The summed E-state index contributed by atoms with van der Waals surface area (Å²) < 4.78 is 43.2. The van der Waals surface area contributed by atoms with Crippen LogP contribution in [0.5, 0.6) is 0 Å². The molecule has 1 aliphatic rings. The second-order valence-electron chi connectivity index (χ2n) is 10.0. The molecule has 0 unspecified atom stereocenters. The fourth-order valence-corrected chi connectivity index (χ4v) is 7.13. The van der Waals surface area contributed by atoms with Crippen LogP contribution in [-0.4, -0.2) is 45.7 Å². The Morgan fingerprint density at radius 2 is 1.89 bits per heavy atom. The van der Waals surface area contributed by atoms with Crippen molar-refractivity contribution >= 4 is 32.4 Å². The van der Waals surface area contributed by atoms with Crippen LogP contribution < -0.4 is 0 Å². The van der Waals surface area contributed by atoms with Crippen molar-refractivity contribution in [2.45, 2.75) is 51.7 Å². The first-order chi connectivity index (χ1) is 16.5. The highest BCUT2D eigenvalue weighted by molar-refractivity contribution is 7.88. The van der Waals surface area contributed by atoms with Crippen molar-refractivity contribution < 1.29 is 12.8 Å². The Morgan fingerprint density at radius 1 is 1.14 bits per heavy atom. The predicted molar refractivity (Wildman–Crippen MR) is 137 cm³/mol. The number of thiazole rings is 1. The molecule has 5 rings (SSSR count). The number of H-pyrrole nitrogens is 1. The number of sulfonamides is 1. The summed E-state index contributed by atoms with van der Waals surface area (Å²) in [5.41, 5.74) is 2.97. The lowest BCUT2D eigenvalue weighted by atomic mass is 9.98. The largest absolute Gasteiger partial charge is 0.343 e. The lowest BCUT2D eigenvalue weighted by Gasteiger charge is -2.16. The maximum atomic E-state index is 15.9. The van der Waals surface area contributed by atoms with Crippen LogP contribution in [0.25, 0.3) is 32.9 Å². The number of fused-ring (bicyclic) bond motifs is 1. The smallest absolute Gasteiger partial charge is 0.218 e. The Bertz CT molecular complexity index is 1510. The third-order valence-corrected chi connectivity index (χ3v) is 9.49. The van der Waals surface area contributed by atoms with E-state index < -0.39 is 15.8 Å². The van der Waals surface area contributed by atoms with Crippen LogP contribution >= 0.6 is 11.3 Å². The summed E-state index contributed by atoms with van der Waals surface area (Å²) in [7, 11) is -3.59. The molecule has 7 nitrogen and oxygen atoms in total. The molecule has 0 saturated carbocycles. The van der Waals surface area contributed by atoms with Gasteiger partial charge in [-0.3, -0.25) is 0 Å². The molecule has 1 N–H and O–H groups in total. The molecule has 0 radical (unpaired) electrons. The minimum Gasteiger partial charge on any atom is -0.343 e. The first-order valence-electron chi connectivity index (χ1n) is 11.6. The Morgan fingerprint density at radius 3 is 2.60 bits per heavy atom. The Kier molecular flexibility index (Phi) is 6.01. The van der Waals surface area contributed by atoms with E-state index in [4.69, 9.17) is 4.98 Å².